The Morgan fingerprint density at radius 3 is 2.48 bits per heavy atom. The second kappa shape index (κ2) is 9.50. The van der Waals surface area contributed by atoms with Crippen LogP contribution in [0.1, 0.15) is 57.4 Å². The third-order valence-electron chi connectivity index (χ3n) is 5.40. The Balaban J connectivity index is 1.99. The van der Waals surface area contributed by atoms with Gasteiger partial charge in [0.25, 0.3) is 5.91 Å². The summed E-state index contributed by atoms with van der Waals surface area (Å²) in [5.74, 6) is -0.128. The van der Waals surface area contributed by atoms with Crippen molar-refractivity contribution in [1.29, 1.82) is 0 Å². The first-order valence-electron chi connectivity index (χ1n) is 10.8. The molecule has 2 atom stereocenters. The van der Waals surface area contributed by atoms with Crippen LogP contribution >= 0.6 is 0 Å². The van der Waals surface area contributed by atoms with E-state index in [-0.39, 0.29) is 29.6 Å². The molecule has 0 saturated heterocycles. The van der Waals surface area contributed by atoms with Crippen LogP contribution in [-0.2, 0) is 16.0 Å². The molecule has 0 aliphatic carbocycles. The van der Waals surface area contributed by atoms with E-state index < -0.39 is 12.1 Å². The van der Waals surface area contributed by atoms with Gasteiger partial charge in [0.2, 0.25) is 5.91 Å². The molecule has 0 bridgehead atoms. The van der Waals surface area contributed by atoms with Crippen molar-refractivity contribution >= 4 is 11.8 Å². The number of hydrogen-bond acceptors (Lipinski definition) is 3. The van der Waals surface area contributed by atoms with E-state index in [9.17, 15) is 14.0 Å². The van der Waals surface area contributed by atoms with Gasteiger partial charge < -0.3 is 15.0 Å². The summed E-state index contributed by atoms with van der Waals surface area (Å²) in [6.45, 7) is 9.80. The van der Waals surface area contributed by atoms with E-state index in [4.69, 9.17) is 4.74 Å². The summed E-state index contributed by atoms with van der Waals surface area (Å²) < 4.78 is 20.0. The van der Waals surface area contributed by atoms with Gasteiger partial charge in [0.15, 0.2) is 6.10 Å². The minimum absolute atomic E-state index is 0.0232. The first-order chi connectivity index (χ1) is 14.7. The molecule has 1 heterocycles. The van der Waals surface area contributed by atoms with Crippen LogP contribution in [0, 0.1) is 11.7 Å². The van der Waals surface area contributed by atoms with E-state index in [1.165, 1.54) is 12.1 Å². The van der Waals surface area contributed by atoms with Gasteiger partial charge in [-0.25, -0.2) is 4.39 Å². The molecule has 2 amide bonds. The second-order valence-corrected chi connectivity index (χ2v) is 8.68. The van der Waals surface area contributed by atoms with E-state index in [0.717, 1.165) is 16.7 Å². The summed E-state index contributed by atoms with van der Waals surface area (Å²) in [6.07, 6.45) is 0.0496. The molecule has 0 radical (unpaired) electrons. The Morgan fingerprint density at radius 2 is 1.84 bits per heavy atom. The molecular formula is C25H31FN2O3. The number of nitrogens with one attached hydrogen (secondary N) is 1. The van der Waals surface area contributed by atoms with Crippen molar-refractivity contribution in [1.82, 2.24) is 10.2 Å². The highest BCUT2D eigenvalue weighted by Gasteiger charge is 2.33. The molecule has 1 aliphatic heterocycles. The predicted molar refractivity (Wildman–Crippen MR) is 118 cm³/mol. The monoisotopic (exact) mass is 426 g/mol. The molecule has 1 N–H and O–H groups in total. The molecule has 6 heteroatoms. The molecule has 0 fully saturated rings. The number of amides is 2. The van der Waals surface area contributed by atoms with E-state index in [2.05, 4.69) is 5.32 Å². The summed E-state index contributed by atoms with van der Waals surface area (Å²) >= 11 is 0. The summed E-state index contributed by atoms with van der Waals surface area (Å²) in [4.78, 5) is 27.1. The molecule has 1 aliphatic rings. The van der Waals surface area contributed by atoms with E-state index in [1.54, 1.807) is 13.0 Å². The summed E-state index contributed by atoms with van der Waals surface area (Å²) in [5.41, 5.74) is 2.71. The van der Waals surface area contributed by atoms with Gasteiger partial charge in [-0.05, 0) is 68.1 Å². The number of nitrogens with zero attached hydrogens (tertiary/aromatic N) is 1. The van der Waals surface area contributed by atoms with Crippen LogP contribution in [0.2, 0.25) is 0 Å². The van der Waals surface area contributed by atoms with Crippen LogP contribution in [0.15, 0.2) is 42.5 Å². The van der Waals surface area contributed by atoms with Crippen molar-refractivity contribution < 1.29 is 18.7 Å². The molecule has 2 aromatic rings. The van der Waals surface area contributed by atoms with Crippen LogP contribution in [0.4, 0.5) is 4.39 Å². The number of carbonyl (C=O) groups excluding carboxylic acids is 2. The molecule has 3 rings (SSSR count). The van der Waals surface area contributed by atoms with Crippen molar-refractivity contribution in [3.63, 3.8) is 0 Å². The maximum absolute atomic E-state index is 14.1. The van der Waals surface area contributed by atoms with Gasteiger partial charge in [0, 0.05) is 18.5 Å². The Morgan fingerprint density at radius 1 is 1.10 bits per heavy atom. The van der Waals surface area contributed by atoms with Gasteiger partial charge in [0.1, 0.15) is 11.6 Å². The Bertz CT molecular complexity index is 958. The molecule has 31 heavy (non-hydrogen) atoms. The quantitative estimate of drug-likeness (QED) is 0.751. The van der Waals surface area contributed by atoms with Crippen LogP contribution in [0.3, 0.4) is 0 Å². The maximum Gasteiger partial charge on any atom is 0.260 e. The highest BCUT2D eigenvalue weighted by molar-refractivity contribution is 5.81. The highest BCUT2D eigenvalue weighted by Crippen LogP contribution is 2.38. The van der Waals surface area contributed by atoms with Crippen molar-refractivity contribution in [2.24, 2.45) is 5.92 Å². The van der Waals surface area contributed by atoms with Gasteiger partial charge >= 0.3 is 0 Å². The fourth-order valence-electron chi connectivity index (χ4n) is 3.93. The first kappa shape index (κ1) is 22.8. The lowest BCUT2D eigenvalue weighted by atomic mass is 9.87. The number of benzene rings is 2. The van der Waals surface area contributed by atoms with Crippen LogP contribution < -0.4 is 10.1 Å². The number of halogens is 1. The Hall–Kier alpha value is -2.89. The minimum atomic E-state index is -0.662. The number of rotatable bonds is 6. The lowest BCUT2D eigenvalue weighted by Crippen LogP contribution is -2.42. The van der Waals surface area contributed by atoms with Gasteiger partial charge in [-0.2, -0.15) is 0 Å². The van der Waals surface area contributed by atoms with Gasteiger partial charge in [0.05, 0.1) is 6.04 Å². The van der Waals surface area contributed by atoms with Crippen molar-refractivity contribution in [2.45, 2.75) is 59.2 Å². The lowest BCUT2D eigenvalue weighted by molar-refractivity contribution is -0.136. The highest BCUT2D eigenvalue weighted by atomic mass is 19.1. The zero-order chi connectivity index (χ0) is 22.7. The molecule has 166 valence electrons. The van der Waals surface area contributed by atoms with E-state index in [0.29, 0.717) is 18.7 Å². The molecule has 0 unspecified atom stereocenters. The third-order valence-corrected chi connectivity index (χ3v) is 5.40. The predicted octanol–water partition coefficient (Wildman–Crippen LogP) is 4.25. The fraction of sp³-hybridized carbons (Fsp3) is 0.440. The summed E-state index contributed by atoms with van der Waals surface area (Å²) in [6, 6.07) is 11.7. The van der Waals surface area contributed by atoms with E-state index >= 15 is 0 Å². The van der Waals surface area contributed by atoms with Gasteiger partial charge in [-0.15, -0.1) is 0 Å². The number of fused-ring (bicyclic) bond motifs is 1. The normalized spacial score (nSPS) is 16.8. The average Bonchev–Trinajstić information content (AvgIpc) is 2.71. The lowest BCUT2D eigenvalue weighted by Gasteiger charge is -2.39. The minimum Gasteiger partial charge on any atom is -0.481 e. The van der Waals surface area contributed by atoms with Crippen molar-refractivity contribution in [3.05, 3.63) is 65.0 Å². The van der Waals surface area contributed by atoms with Gasteiger partial charge in [-0.3, -0.25) is 9.59 Å². The largest absolute Gasteiger partial charge is 0.481 e. The zero-order valence-corrected chi connectivity index (χ0v) is 18.8. The third kappa shape index (κ3) is 5.24. The Kier molecular flexibility index (Phi) is 6.98. The Labute approximate surface area is 183 Å². The van der Waals surface area contributed by atoms with Gasteiger partial charge in [-0.1, -0.05) is 32.0 Å². The van der Waals surface area contributed by atoms with E-state index in [1.807, 2.05) is 56.9 Å². The second-order valence-electron chi connectivity index (χ2n) is 8.68. The molecule has 5 nitrogen and oxygen atoms in total. The number of hydrogen-bond donors (Lipinski definition) is 1. The van der Waals surface area contributed by atoms with Crippen molar-refractivity contribution in [3.8, 4) is 5.75 Å². The molecule has 0 aromatic heterocycles. The van der Waals surface area contributed by atoms with Crippen LogP contribution in [0.5, 0.6) is 5.75 Å². The smallest absolute Gasteiger partial charge is 0.260 e. The summed E-state index contributed by atoms with van der Waals surface area (Å²) in [7, 11) is 0. The topological polar surface area (TPSA) is 58.6 Å². The molecule has 0 spiro atoms. The molecule has 0 saturated carbocycles. The zero-order valence-electron chi connectivity index (χ0n) is 18.8. The summed E-state index contributed by atoms with van der Waals surface area (Å²) in [5, 5.41) is 2.84. The standard InChI is InChI=1S/C25H31FN2O3/c1-15(2)25(30)28-12-11-18-9-10-21(31-17(5)24(29)27-16(3)4)14-22(18)23(28)19-7-6-8-20(26)13-19/h6-10,13-17,23H,11-12H2,1-5H3,(H,27,29)/t17-,23+/m1/s1. The number of ether oxygens (including phenoxy) is 1. The van der Waals surface area contributed by atoms with Crippen LogP contribution in [-0.4, -0.2) is 35.4 Å². The average molecular weight is 427 g/mol. The first-order valence-corrected chi connectivity index (χ1v) is 10.8. The SMILES string of the molecule is CC(C)NC(=O)[C@@H](C)Oc1ccc2c(c1)[C@H](c1cccc(F)c1)N(C(=O)C(C)C)CC2. The fourth-order valence-corrected chi connectivity index (χ4v) is 3.93. The van der Waals surface area contributed by atoms with Crippen LogP contribution in [0.25, 0.3) is 0 Å². The molecule has 2 aromatic carbocycles. The molecular weight excluding hydrogens is 395 g/mol. The van der Waals surface area contributed by atoms with Crippen molar-refractivity contribution in [2.75, 3.05) is 6.54 Å². The maximum atomic E-state index is 14.1. The number of carbonyl (C=O) groups is 2.